The molecule has 1 heterocycles. The van der Waals surface area contributed by atoms with Crippen LogP contribution in [0.25, 0.3) is 10.2 Å². The Labute approximate surface area is 180 Å². The van der Waals surface area contributed by atoms with Crippen LogP contribution in [0.4, 0.5) is 5.13 Å². The van der Waals surface area contributed by atoms with Crippen LogP contribution >= 0.6 is 39.0 Å². The van der Waals surface area contributed by atoms with E-state index in [4.69, 9.17) is 4.98 Å². The van der Waals surface area contributed by atoms with Gasteiger partial charge in [-0.1, -0.05) is 57.6 Å². The molecule has 4 rings (SSSR count). The number of thioether (sulfide) groups is 1. The number of amides is 1. The van der Waals surface area contributed by atoms with Gasteiger partial charge in [-0.05, 0) is 54.3 Å². The molecule has 0 unspecified atom stereocenters. The van der Waals surface area contributed by atoms with E-state index in [9.17, 15) is 4.79 Å². The molecular weight excluding hydrogens is 452 g/mol. The third kappa shape index (κ3) is 4.14. The Morgan fingerprint density at radius 1 is 1.07 bits per heavy atom. The molecule has 3 nitrogen and oxygen atoms in total. The number of aromatic nitrogens is 1. The van der Waals surface area contributed by atoms with Gasteiger partial charge >= 0.3 is 0 Å². The number of hydrogen-bond acceptors (Lipinski definition) is 4. The van der Waals surface area contributed by atoms with Crippen LogP contribution < -0.4 is 4.90 Å². The lowest BCUT2D eigenvalue weighted by molar-refractivity contribution is 0.0985. The summed E-state index contributed by atoms with van der Waals surface area (Å²) in [6.45, 7) is 0.477. The lowest BCUT2D eigenvalue weighted by atomic mass is 10.1. The number of benzene rings is 3. The molecule has 0 saturated heterocycles. The van der Waals surface area contributed by atoms with E-state index in [1.54, 1.807) is 16.7 Å². The molecule has 3 aromatic carbocycles. The van der Waals surface area contributed by atoms with Crippen molar-refractivity contribution >= 4 is 60.3 Å². The highest BCUT2D eigenvalue weighted by atomic mass is 79.9. The third-order valence-electron chi connectivity index (χ3n) is 4.34. The van der Waals surface area contributed by atoms with Crippen molar-refractivity contribution in [1.29, 1.82) is 0 Å². The zero-order valence-corrected chi connectivity index (χ0v) is 18.4. The predicted octanol–water partition coefficient (Wildman–Crippen LogP) is 6.63. The number of nitrogens with zero attached hydrogens (tertiary/aromatic N) is 2. The second kappa shape index (κ2) is 8.47. The fourth-order valence-electron chi connectivity index (χ4n) is 2.88. The molecule has 140 valence electrons. The maximum atomic E-state index is 13.4. The molecule has 0 aliphatic carbocycles. The number of halogens is 1. The van der Waals surface area contributed by atoms with Crippen molar-refractivity contribution in [3.8, 4) is 0 Å². The van der Waals surface area contributed by atoms with Gasteiger partial charge in [0.2, 0.25) is 0 Å². The molecule has 6 heteroatoms. The average Bonchev–Trinajstić information content (AvgIpc) is 3.15. The molecule has 0 aliphatic rings. The maximum Gasteiger partial charge on any atom is 0.260 e. The van der Waals surface area contributed by atoms with Crippen LogP contribution in [-0.4, -0.2) is 17.1 Å². The largest absolute Gasteiger partial charge is 0.279 e. The van der Waals surface area contributed by atoms with E-state index in [-0.39, 0.29) is 5.91 Å². The van der Waals surface area contributed by atoms with E-state index >= 15 is 0 Å². The Balaban J connectivity index is 1.74. The van der Waals surface area contributed by atoms with Crippen LogP contribution in [0.15, 0.2) is 82.2 Å². The van der Waals surface area contributed by atoms with Crippen molar-refractivity contribution < 1.29 is 4.79 Å². The first kappa shape index (κ1) is 19.2. The first-order valence-corrected chi connectivity index (χ1v) is 11.5. The molecule has 28 heavy (non-hydrogen) atoms. The van der Waals surface area contributed by atoms with Gasteiger partial charge in [-0.15, -0.1) is 11.8 Å². The first-order chi connectivity index (χ1) is 13.6. The van der Waals surface area contributed by atoms with Gasteiger partial charge < -0.3 is 0 Å². The number of carbonyl (C=O) groups is 1. The summed E-state index contributed by atoms with van der Waals surface area (Å²) < 4.78 is 2.05. The summed E-state index contributed by atoms with van der Waals surface area (Å²) in [5, 5.41) is 0.705. The summed E-state index contributed by atoms with van der Waals surface area (Å²) >= 11 is 6.70. The van der Waals surface area contributed by atoms with Gasteiger partial charge in [0.1, 0.15) is 0 Å². The Hall–Kier alpha value is -2.15. The van der Waals surface area contributed by atoms with Crippen LogP contribution in [0.2, 0.25) is 0 Å². The van der Waals surface area contributed by atoms with Crippen molar-refractivity contribution in [1.82, 2.24) is 4.98 Å². The predicted molar refractivity (Wildman–Crippen MR) is 122 cm³/mol. The molecule has 4 aromatic rings. The Morgan fingerprint density at radius 3 is 2.54 bits per heavy atom. The van der Waals surface area contributed by atoms with Crippen LogP contribution in [0.1, 0.15) is 15.9 Å². The molecule has 0 spiro atoms. The summed E-state index contributed by atoms with van der Waals surface area (Å²) in [4.78, 5) is 21.0. The normalized spacial score (nSPS) is 10.9. The highest BCUT2D eigenvalue weighted by Crippen LogP contribution is 2.32. The minimum absolute atomic E-state index is 0.0466. The smallest absolute Gasteiger partial charge is 0.260 e. The molecule has 0 radical (unpaired) electrons. The van der Waals surface area contributed by atoms with Crippen LogP contribution in [-0.2, 0) is 6.54 Å². The molecule has 0 bridgehead atoms. The standard InChI is InChI=1S/C22H17BrN2OS2/c1-27-18-10-7-16(8-11-18)21(26)25(14-15-5-3-2-4-6-15)22-24-19-12-9-17(23)13-20(19)28-22/h2-13H,14H2,1H3. The molecule has 0 aliphatic heterocycles. The molecule has 0 atom stereocenters. The number of hydrogen-bond donors (Lipinski definition) is 0. The number of anilines is 1. The van der Waals surface area contributed by atoms with Gasteiger partial charge in [0.05, 0.1) is 16.8 Å². The van der Waals surface area contributed by atoms with Crippen LogP contribution in [0, 0.1) is 0 Å². The zero-order chi connectivity index (χ0) is 19.5. The monoisotopic (exact) mass is 468 g/mol. The van der Waals surface area contributed by atoms with E-state index in [0.29, 0.717) is 17.2 Å². The maximum absolute atomic E-state index is 13.4. The molecule has 1 amide bonds. The minimum Gasteiger partial charge on any atom is -0.279 e. The van der Waals surface area contributed by atoms with Crippen molar-refractivity contribution in [3.05, 3.63) is 88.4 Å². The molecular formula is C22H17BrN2OS2. The van der Waals surface area contributed by atoms with Gasteiger partial charge in [0.25, 0.3) is 5.91 Å². The topological polar surface area (TPSA) is 33.2 Å². The minimum atomic E-state index is -0.0466. The number of thiazole rings is 1. The van der Waals surface area contributed by atoms with E-state index in [2.05, 4.69) is 15.9 Å². The van der Waals surface area contributed by atoms with Crippen LogP contribution in [0.3, 0.4) is 0 Å². The SMILES string of the molecule is CSc1ccc(C(=O)N(Cc2ccccc2)c2nc3ccc(Br)cc3s2)cc1. The quantitative estimate of drug-likeness (QED) is 0.308. The van der Waals surface area contributed by atoms with Crippen LogP contribution in [0.5, 0.6) is 0 Å². The zero-order valence-electron chi connectivity index (χ0n) is 15.1. The summed E-state index contributed by atoms with van der Waals surface area (Å²) in [7, 11) is 0. The van der Waals surface area contributed by atoms with Crippen molar-refractivity contribution in [2.45, 2.75) is 11.4 Å². The van der Waals surface area contributed by atoms with Gasteiger partial charge in [0.15, 0.2) is 5.13 Å². The Bertz CT molecular complexity index is 1110. The lowest BCUT2D eigenvalue weighted by Crippen LogP contribution is -2.30. The van der Waals surface area contributed by atoms with E-state index in [0.717, 1.165) is 25.1 Å². The number of fused-ring (bicyclic) bond motifs is 1. The summed E-state index contributed by atoms with van der Waals surface area (Å²) in [6, 6.07) is 23.7. The van der Waals surface area contributed by atoms with Gasteiger partial charge in [-0.3, -0.25) is 9.69 Å². The lowest BCUT2D eigenvalue weighted by Gasteiger charge is -2.20. The van der Waals surface area contributed by atoms with E-state index in [1.165, 1.54) is 11.3 Å². The molecule has 1 aromatic heterocycles. The molecule has 0 N–H and O–H groups in total. The highest BCUT2D eigenvalue weighted by molar-refractivity contribution is 9.10. The summed E-state index contributed by atoms with van der Waals surface area (Å²) in [5.41, 5.74) is 2.62. The summed E-state index contributed by atoms with van der Waals surface area (Å²) in [6.07, 6.45) is 2.03. The second-order valence-corrected chi connectivity index (χ2v) is 9.02. The highest BCUT2D eigenvalue weighted by Gasteiger charge is 2.22. The number of rotatable bonds is 5. The fraction of sp³-hybridized carbons (Fsp3) is 0.0909. The van der Waals surface area contributed by atoms with E-state index < -0.39 is 0 Å². The summed E-state index contributed by atoms with van der Waals surface area (Å²) in [5.74, 6) is -0.0466. The van der Waals surface area contributed by atoms with Crippen molar-refractivity contribution in [2.75, 3.05) is 11.2 Å². The van der Waals surface area contributed by atoms with E-state index in [1.807, 2.05) is 79.1 Å². The fourth-order valence-corrected chi connectivity index (χ4v) is 4.81. The van der Waals surface area contributed by atoms with Crippen molar-refractivity contribution in [3.63, 3.8) is 0 Å². The number of carbonyl (C=O) groups excluding carboxylic acids is 1. The Kier molecular flexibility index (Phi) is 5.80. The Morgan fingerprint density at radius 2 is 1.82 bits per heavy atom. The van der Waals surface area contributed by atoms with Gasteiger partial charge in [-0.2, -0.15) is 0 Å². The van der Waals surface area contributed by atoms with Gasteiger partial charge in [-0.25, -0.2) is 4.98 Å². The van der Waals surface area contributed by atoms with Gasteiger partial charge in [0, 0.05) is 14.9 Å². The first-order valence-electron chi connectivity index (χ1n) is 8.70. The molecule has 0 saturated carbocycles. The van der Waals surface area contributed by atoms with Crippen molar-refractivity contribution in [2.24, 2.45) is 0 Å². The average molecular weight is 469 g/mol. The third-order valence-corrected chi connectivity index (χ3v) is 6.61. The molecule has 0 fully saturated rings. The second-order valence-electron chi connectivity index (χ2n) is 6.21.